The third-order valence-electron chi connectivity index (χ3n) is 4.07. The standard InChI is InChI=1S/C16H20N4O2/c1-19(2)11-9-20(10-11)16(21)18-13-6-4-5-12-14(22-3)7-8-17-15(12)13/h4-8,11H,9-10H2,1-3H3,(H,18,21). The van der Waals surface area contributed by atoms with E-state index < -0.39 is 0 Å². The number of likely N-dealkylation sites (tertiary alicyclic amines) is 1. The van der Waals surface area contributed by atoms with Gasteiger partial charge in [0.1, 0.15) is 5.75 Å². The smallest absolute Gasteiger partial charge is 0.322 e. The predicted molar refractivity (Wildman–Crippen MR) is 86.4 cm³/mol. The minimum Gasteiger partial charge on any atom is -0.496 e. The van der Waals surface area contributed by atoms with E-state index in [1.54, 1.807) is 18.2 Å². The molecule has 1 aromatic heterocycles. The van der Waals surface area contributed by atoms with Crippen LogP contribution in [-0.2, 0) is 0 Å². The number of benzene rings is 1. The number of rotatable bonds is 3. The van der Waals surface area contributed by atoms with Crippen LogP contribution in [0.2, 0.25) is 0 Å². The van der Waals surface area contributed by atoms with E-state index in [1.165, 1.54) is 0 Å². The van der Waals surface area contributed by atoms with E-state index in [9.17, 15) is 4.79 Å². The summed E-state index contributed by atoms with van der Waals surface area (Å²) in [6, 6.07) is 7.84. The number of aromatic nitrogens is 1. The number of carbonyl (C=O) groups is 1. The Morgan fingerprint density at radius 3 is 2.82 bits per heavy atom. The van der Waals surface area contributed by atoms with Crippen molar-refractivity contribution in [3.63, 3.8) is 0 Å². The molecule has 3 rings (SSSR count). The molecule has 0 spiro atoms. The van der Waals surface area contributed by atoms with Gasteiger partial charge in [0.2, 0.25) is 0 Å². The number of likely N-dealkylation sites (N-methyl/N-ethyl adjacent to an activating group) is 1. The number of nitrogens with one attached hydrogen (secondary N) is 1. The number of hydrogen-bond donors (Lipinski definition) is 1. The molecule has 6 heteroatoms. The summed E-state index contributed by atoms with van der Waals surface area (Å²) in [4.78, 5) is 20.6. The first-order valence-electron chi connectivity index (χ1n) is 7.24. The Hall–Kier alpha value is -2.34. The molecule has 0 radical (unpaired) electrons. The molecule has 1 N–H and O–H groups in total. The highest BCUT2D eigenvalue weighted by Crippen LogP contribution is 2.29. The molecule has 0 aliphatic carbocycles. The van der Waals surface area contributed by atoms with Crippen LogP contribution in [0.15, 0.2) is 30.5 Å². The van der Waals surface area contributed by atoms with E-state index in [1.807, 2.05) is 38.4 Å². The van der Waals surface area contributed by atoms with Crippen molar-refractivity contribution in [2.24, 2.45) is 0 Å². The Balaban J connectivity index is 1.79. The van der Waals surface area contributed by atoms with Crippen molar-refractivity contribution in [1.82, 2.24) is 14.8 Å². The van der Waals surface area contributed by atoms with E-state index in [2.05, 4.69) is 15.2 Å². The first-order chi connectivity index (χ1) is 10.6. The second kappa shape index (κ2) is 5.81. The summed E-state index contributed by atoms with van der Waals surface area (Å²) in [6.45, 7) is 1.50. The number of urea groups is 1. The molecule has 0 unspecified atom stereocenters. The number of amides is 2. The van der Waals surface area contributed by atoms with E-state index in [0.717, 1.165) is 29.7 Å². The second-order valence-corrected chi connectivity index (χ2v) is 5.67. The highest BCUT2D eigenvalue weighted by atomic mass is 16.5. The van der Waals surface area contributed by atoms with Gasteiger partial charge in [-0.15, -0.1) is 0 Å². The van der Waals surface area contributed by atoms with Gasteiger partial charge < -0.3 is 19.9 Å². The van der Waals surface area contributed by atoms with Gasteiger partial charge in [-0.05, 0) is 32.3 Å². The van der Waals surface area contributed by atoms with Crippen molar-refractivity contribution in [3.8, 4) is 5.75 Å². The molecule has 0 saturated carbocycles. The number of nitrogens with zero attached hydrogens (tertiary/aromatic N) is 3. The first kappa shape index (κ1) is 14.6. The fourth-order valence-electron chi connectivity index (χ4n) is 2.57. The monoisotopic (exact) mass is 300 g/mol. The summed E-state index contributed by atoms with van der Waals surface area (Å²) in [7, 11) is 5.68. The third-order valence-corrected chi connectivity index (χ3v) is 4.07. The van der Waals surface area contributed by atoms with Crippen LogP contribution < -0.4 is 10.1 Å². The van der Waals surface area contributed by atoms with Crippen LogP contribution in [0.4, 0.5) is 10.5 Å². The summed E-state index contributed by atoms with van der Waals surface area (Å²) in [5.41, 5.74) is 1.44. The Morgan fingerprint density at radius 2 is 2.14 bits per heavy atom. The van der Waals surface area contributed by atoms with Crippen molar-refractivity contribution in [2.75, 3.05) is 39.6 Å². The maximum atomic E-state index is 12.3. The van der Waals surface area contributed by atoms with Gasteiger partial charge in [-0.1, -0.05) is 6.07 Å². The fraction of sp³-hybridized carbons (Fsp3) is 0.375. The van der Waals surface area contributed by atoms with Gasteiger partial charge in [0.05, 0.1) is 18.3 Å². The van der Waals surface area contributed by atoms with Crippen molar-refractivity contribution < 1.29 is 9.53 Å². The lowest BCUT2D eigenvalue weighted by Gasteiger charge is -2.42. The molecule has 1 aliphatic heterocycles. The number of pyridine rings is 1. The minimum absolute atomic E-state index is 0.0878. The maximum Gasteiger partial charge on any atom is 0.322 e. The van der Waals surface area contributed by atoms with Crippen molar-refractivity contribution >= 4 is 22.6 Å². The Kier molecular flexibility index (Phi) is 3.85. The number of fused-ring (bicyclic) bond motifs is 1. The SMILES string of the molecule is COc1ccnc2c(NC(=O)N3CC(N(C)C)C3)cccc12. The van der Waals surface area contributed by atoms with Gasteiger partial charge in [-0.25, -0.2) is 4.79 Å². The summed E-state index contributed by atoms with van der Waals surface area (Å²) >= 11 is 0. The lowest BCUT2D eigenvalue weighted by molar-refractivity contribution is 0.0942. The molecule has 1 fully saturated rings. The first-order valence-corrected chi connectivity index (χ1v) is 7.24. The van der Waals surface area contributed by atoms with E-state index in [0.29, 0.717) is 11.7 Å². The highest BCUT2D eigenvalue weighted by Gasteiger charge is 2.32. The minimum atomic E-state index is -0.0878. The average molecular weight is 300 g/mol. The quantitative estimate of drug-likeness (QED) is 0.942. The van der Waals surface area contributed by atoms with E-state index in [4.69, 9.17) is 4.74 Å². The van der Waals surface area contributed by atoms with Crippen molar-refractivity contribution in [2.45, 2.75) is 6.04 Å². The maximum absolute atomic E-state index is 12.3. The molecule has 2 aromatic rings. The number of anilines is 1. The molecule has 22 heavy (non-hydrogen) atoms. The van der Waals surface area contributed by atoms with Crippen molar-refractivity contribution in [3.05, 3.63) is 30.5 Å². The largest absolute Gasteiger partial charge is 0.496 e. The van der Waals surface area contributed by atoms with Crippen LogP contribution in [0.5, 0.6) is 5.75 Å². The normalized spacial score (nSPS) is 15.0. The predicted octanol–water partition coefficient (Wildman–Crippen LogP) is 2.02. The van der Waals surface area contributed by atoms with E-state index >= 15 is 0 Å². The van der Waals surface area contributed by atoms with Gasteiger partial charge in [-0.2, -0.15) is 0 Å². The van der Waals surface area contributed by atoms with Crippen molar-refractivity contribution in [1.29, 1.82) is 0 Å². The number of carbonyl (C=O) groups excluding carboxylic acids is 1. The number of methoxy groups -OCH3 is 1. The van der Waals surface area contributed by atoms with Crippen LogP contribution in [0.1, 0.15) is 0 Å². The van der Waals surface area contributed by atoms with Crippen LogP contribution >= 0.6 is 0 Å². The number of ether oxygens (including phenoxy) is 1. The summed E-state index contributed by atoms with van der Waals surface area (Å²) in [5.74, 6) is 0.748. The molecule has 1 aromatic carbocycles. The molecule has 0 bridgehead atoms. The Labute approximate surface area is 129 Å². The third kappa shape index (κ3) is 2.57. The Morgan fingerprint density at radius 1 is 1.36 bits per heavy atom. The van der Waals surface area contributed by atoms with Gasteiger partial charge >= 0.3 is 6.03 Å². The lowest BCUT2D eigenvalue weighted by Crippen LogP contribution is -2.60. The summed E-state index contributed by atoms with van der Waals surface area (Å²) in [6.07, 6.45) is 1.68. The molecular formula is C16H20N4O2. The summed E-state index contributed by atoms with van der Waals surface area (Å²) in [5, 5.41) is 3.83. The average Bonchev–Trinajstić information content (AvgIpc) is 2.45. The molecule has 1 saturated heterocycles. The molecule has 116 valence electrons. The van der Waals surface area contributed by atoms with Crippen LogP contribution in [-0.4, -0.2) is 61.2 Å². The lowest BCUT2D eigenvalue weighted by atomic mass is 10.1. The van der Waals surface area contributed by atoms with Crippen LogP contribution in [0, 0.1) is 0 Å². The molecule has 2 amide bonds. The zero-order valence-electron chi connectivity index (χ0n) is 13.0. The van der Waals surface area contributed by atoms with Gasteiger partial charge in [-0.3, -0.25) is 4.98 Å². The highest BCUT2D eigenvalue weighted by molar-refractivity contribution is 6.01. The molecule has 0 atom stereocenters. The Bertz CT molecular complexity index is 696. The topological polar surface area (TPSA) is 57.7 Å². The fourth-order valence-corrected chi connectivity index (χ4v) is 2.57. The number of para-hydroxylation sites is 1. The van der Waals surface area contributed by atoms with Gasteiger partial charge in [0.15, 0.2) is 0 Å². The number of hydrogen-bond acceptors (Lipinski definition) is 4. The molecular weight excluding hydrogens is 280 g/mol. The molecule has 6 nitrogen and oxygen atoms in total. The second-order valence-electron chi connectivity index (χ2n) is 5.67. The molecule has 1 aliphatic rings. The van der Waals surface area contributed by atoms with Crippen LogP contribution in [0.3, 0.4) is 0 Å². The zero-order valence-corrected chi connectivity index (χ0v) is 13.0. The van der Waals surface area contributed by atoms with Crippen LogP contribution in [0.25, 0.3) is 10.9 Å². The van der Waals surface area contributed by atoms with E-state index in [-0.39, 0.29) is 6.03 Å². The summed E-state index contributed by atoms with van der Waals surface area (Å²) < 4.78 is 5.34. The molecule has 2 heterocycles. The van der Waals surface area contributed by atoms with Gasteiger partial charge in [0, 0.05) is 30.7 Å². The zero-order chi connectivity index (χ0) is 15.7. The van der Waals surface area contributed by atoms with Gasteiger partial charge in [0.25, 0.3) is 0 Å².